The monoisotopic (exact) mass is 404 g/mol. The third-order valence-corrected chi connectivity index (χ3v) is 5.60. The van der Waals surface area contributed by atoms with E-state index in [1.165, 1.54) is 17.7 Å². The van der Waals surface area contributed by atoms with Crippen molar-refractivity contribution in [3.63, 3.8) is 0 Å². The van der Waals surface area contributed by atoms with Crippen LogP contribution in [0.5, 0.6) is 0 Å². The first-order valence-electron chi connectivity index (χ1n) is 10.2. The van der Waals surface area contributed by atoms with Crippen LogP contribution in [-0.4, -0.2) is 29.2 Å². The highest BCUT2D eigenvalue weighted by molar-refractivity contribution is 5.93. The Hall–Kier alpha value is -3.28. The van der Waals surface area contributed by atoms with E-state index >= 15 is 0 Å². The summed E-state index contributed by atoms with van der Waals surface area (Å²) in [6, 6.07) is 16.1. The average Bonchev–Trinajstić information content (AvgIpc) is 2.76. The third-order valence-electron chi connectivity index (χ3n) is 5.60. The molecule has 1 aliphatic rings. The molecule has 2 aromatic carbocycles. The molecule has 1 aliphatic heterocycles. The number of hydrogen-bond donors (Lipinski definition) is 1. The van der Waals surface area contributed by atoms with E-state index < -0.39 is 0 Å². The van der Waals surface area contributed by atoms with Gasteiger partial charge >= 0.3 is 0 Å². The van der Waals surface area contributed by atoms with Gasteiger partial charge < -0.3 is 10.2 Å². The molecule has 2 heterocycles. The summed E-state index contributed by atoms with van der Waals surface area (Å²) in [7, 11) is 0. The molecule has 0 atom stereocenters. The van der Waals surface area contributed by atoms with Gasteiger partial charge in [-0.2, -0.15) is 0 Å². The Morgan fingerprint density at radius 3 is 2.50 bits per heavy atom. The third kappa shape index (κ3) is 4.48. The molecule has 154 valence electrons. The van der Waals surface area contributed by atoms with Gasteiger partial charge in [-0.15, -0.1) is 10.2 Å². The van der Waals surface area contributed by atoms with Crippen LogP contribution in [-0.2, 0) is 4.79 Å². The van der Waals surface area contributed by atoms with Gasteiger partial charge in [-0.3, -0.25) is 4.79 Å². The highest BCUT2D eigenvalue weighted by Gasteiger charge is 2.26. The van der Waals surface area contributed by atoms with E-state index in [9.17, 15) is 9.18 Å². The molecule has 0 aliphatic carbocycles. The lowest BCUT2D eigenvalue weighted by Crippen LogP contribution is -2.38. The van der Waals surface area contributed by atoms with Crippen molar-refractivity contribution in [1.29, 1.82) is 0 Å². The molecule has 1 fully saturated rings. The minimum absolute atomic E-state index is 0.0125. The van der Waals surface area contributed by atoms with Crippen LogP contribution in [0.3, 0.4) is 0 Å². The van der Waals surface area contributed by atoms with Crippen molar-refractivity contribution in [1.82, 2.24) is 10.2 Å². The van der Waals surface area contributed by atoms with Gasteiger partial charge in [-0.25, -0.2) is 4.39 Å². The van der Waals surface area contributed by atoms with Crippen LogP contribution < -0.4 is 10.2 Å². The maximum Gasteiger partial charge on any atom is 0.227 e. The van der Waals surface area contributed by atoms with Crippen molar-refractivity contribution < 1.29 is 9.18 Å². The number of nitrogens with zero attached hydrogens (tertiary/aromatic N) is 3. The van der Waals surface area contributed by atoms with E-state index in [-0.39, 0.29) is 17.6 Å². The second kappa shape index (κ2) is 8.61. The summed E-state index contributed by atoms with van der Waals surface area (Å²) in [4.78, 5) is 14.8. The lowest BCUT2D eigenvalue weighted by atomic mass is 9.95. The number of aryl methyl sites for hydroxylation is 2. The first-order chi connectivity index (χ1) is 14.5. The van der Waals surface area contributed by atoms with Gasteiger partial charge in [0.25, 0.3) is 0 Å². The van der Waals surface area contributed by atoms with Gasteiger partial charge in [0.2, 0.25) is 5.91 Å². The maximum atomic E-state index is 13.4. The Bertz CT molecular complexity index is 1040. The Morgan fingerprint density at radius 1 is 1.03 bits per heavy atom. The molecule has 1 amide bonds. The quantitative estimate of drug-likeness (QED) is 0.681. The maximum absolute atomic E-state index is 13.4. The number of piperidine rings is 1. The molecular weight excluding hydrogens is 379 g/mol. The van der Waals surface area contributed by atoms with E-state index in [4.69, 9.17) is 0 Å². The van der Waals surface area contributed by atoms with Crippen LogP contribution in [0.1, 0.15) is 24.0 Å². The lowest BCUT2D eigenvalue weighted by Gasteiger charge is -2.32. The lowest BCUT2D eigenvalue weighted by molar-refractivity contribution is -0.120. The zero-order chi connectivity index (χ0) is 21.1. The number of benzene rings is 2. The normalized spacial score (nSPS) is 14.6. The van der Waals surface area contributed by atoms with Crippen molar-refractivity contribution in [2.45, 2.75) is 26.7 Å². The van der Waals surface area contributed by atoms with Crippen LogP contribution in [0.25, 0.3) is 11.3 Å². The molecule has 30 heavy (non-hydrogen) atoms. The number of hydrogen-bond acceptors (Lipinski definition) is 4. The van der Waals surface area contributed by atoms with Gasteiger partial charge in [0.15, 0.2) is 5.82 Å². The number of halogens is 1. The molecule has 1 N–H and O–H groups in total. The number of anilines is 2. The average molecular weight is 404 g/mol. The van der Waals surface area contributed by atoms with Crippen molar-refractivity contribution in [2.24, 2.45) is 5.92 Å². The van der Waals surface area contributed by atoms with Crippen LogP contribution in [0, 0.1) is 25.6 Å². The molecule has 5 nitrogen and oxygen atoms in total. The van der Waals surface area contributed by atoms with Crippen LogP contribution >= 0.6 is 0 Å². The fourth-order valence-electron chi connectivity index (χ4n) is 3.86. The van der Waals surface area contributed by atoms with E-state index in [0.717, 1.165) is 43.0 Å². The topological polar surface area (TPSA) is 58.1 Å². The second-order valence-corrected chi connectivity index (χ2v) is 7.86. The van der Waals surface area contributed by atoms with Crippen molar-refractivity contribution in [3.8, 4) is 11.3 Å². The van der Waals surface area contributed by atoms with Gasteiger partial charge in [-0.1, -0.05) is 29.8 Å². The predicted molar refractivity (Wildman–Crippen MR) is 117 cm³/mol. The summed E-state index contributed by atoms with van der Waals surface area (Å²) < 4.78 is 13.4. The summed E-state index contributed by atoms with van der Waals surface area (Å²) in [5.74, 6) is 0.554. The molecule has 0 radical (unpaired) electrons. The number of amides is 1. The summed E-state index contributed by atoms with van der Waals surface area (Å²) >= 11 is 0. The fraction of sp³-hybridized carbons (Fsp3) is 0.292. The number of aromatic nitrogens is 2. The van der Waals surface area contributed by atoms with Gasteiger partial charge in [0.1, 0.15) is 5.82 Å². The standard InChI is InChI=1S/C24H25FN4O/c1-16-6-7-21(17(2)14-16)26-24(30)18-10-12-29(13-11-18)23-9-8-22(27-28-23)19-4-3-5-20(25)15-19/h3-9,14-15,18H,10-13H2,1-2H3,(H,26,30). The largest absolute Gasteiger partial charge is 0.355 e. The Kier molecular flexibility index (Phi) is 5.74. The number of carbonyl (C=O) groups excluding carboxylic acids is 1. The number of carbonyl (C=O) groups is 1. The minimum Gasteiger partial charge on any atom is -0.355 e. The Morgan fingerprint density at radius 2 is 1.83 bits per heavy atom. The SMILES string of the molecule is Cc1ccc(NC(=O)C2CCN(c3ccc(-c4cccc(F)c4)nn3)CC2)c(C)c1. The molecule has 0 unspecified atom stereocenters. The smallest absolute Gasteiger partial charge is 0.227 e. The summed E-state index contributed by atoms with van der Waals surface area (Å²) in [6.45, 7) is 5.55. The highest BCUT2D eigenvalue weighted by Crippen LogP contribution is 2.25. The van der Waals surface area contributed by atoms with Crippen LogP contribution in [0.15, 0.2) is 54.6 Å². The minimum atomic E-state index is -0.292. The summed E-state index contributed by atoms with van der Waals surface area (Å²) in [5.41, 5.74) is 4.49. The fourth-order valence-corrected chi connectivity index (χ4v) is 3.86. The second-order valence-electron chi connectivity index (χ2n) is 7.86. The first kappa shape index (κ1) is 20.0. The molecule has 1 saturated heterocycles. The van der Waals surface area contributed by atoms with E-state index in [1.54, 1.807) is 6.07 Å². The molecule has 3 aromatic rings. The molecule has 0 spiro atoms. The summed E-state index contributed by atoms with van der Waals surface area (Å²) in [6.07, 6.45) is 1.54. The highest BCUT2D eigenvalue weighted by atomic mass is 19.1. The van der Waals surface area contributed by atoms with Gasteiger partial charge in [-0.05, 0) is 62.6 Å². The molecular formula is C24H25FN4O. The van der Waals surface area contributed by atoms with Crippen molar-refractivity contribution in [2.75, 3.05) is 23.3 Å². The van der Waals surface area contributed by atoms with E-state index in [2.05, 4.69) is 26.5 Å². The van der Waals surface area contributed by atoms with Gasteiger partial charge in [0, 0.05) is 30.3 Å². The zero-order valence-electron chi connectivity index (χ0n) is 17.2. The number of rotatable bonds is 4. The predicted octanol–water partition coefficient (Wildman–Crippen LogP) is 4.75. The van der Waals surface area contributed by atoms with Gasteiger partial charge in [0.05, 0.1) is 5.69 Å². The zero-order valence-corrected chi connectivity index (χ0v) is 17.2. The molecule has 4 rings (SSSR count). The first-order valence-corrected chi connectivity index (χ1v) is 10.2. The van der Waals surface area contributed by atoms with E-state index in [0.29, 0.717) is 11.3 Å². The van der Waals surface area contributed by atoms with Crippen LogP contribution in [0.2, 0.25) is 0 Å². The van der Waals surface area contributed by atoms with Crippen LogP contribution in [0.4, 0.5) is 15.9 Å². The van der Waals surface area contributed by atoms with Crippen molar-refractivity contribution in [3.05, 3.63) is 71.5 Å². The number of nitrogens with one attached hydrogen (secondary N) is 1. The molecule has 1 aromatic heterocycles. The molecule has 0 bridgehead atoms. The molecule has 0 saturated carbocycles. The summed E-state index contributed by atoms with van der Waals surface area (Å²) in [5, 5.41) is 11.6. The van der Waals surface area contributed by atoms with E-state index in [1.807, 2.05) is 44.2 Å². The molecule has 6 heteroatoms. The Balaban J connectivity index is 1.35. The van der Waals surface area contributed by atoms with Crippen molar-refractivity contribution >= 4 is 17.4 Å². The Labute approximate surface area is 176 Å².